The fourth-order valence-electron chi connectivity index (χ4n) is 4.91. The third kappa shape index (κ3) is 7.07. The zero-order chi connectivity index (χ0) is 31.5. The van der Waals surface area contributed by atoms with Crippen LogP contribution in [0.1, 0.15) is 35.6 Å². The topological polar surface area (TPSA) is 129 Å². The largest absolute Gasteiger partial charge is 0.497 e. The van der Waals surface area contributed by atoms with Gasteiger partial charge in [-0.1, -0.05) is 18.2 Å². The van der Waals surface area contributed by atoms with Crippen LogP contribution in [0.25, 0.3) is 0 Å². The summed E-state index contributed by atoms with van der Waals surface area (Å²) >= 11 is 0. The van der Waals surface area contributed by atoms with E-state index in [1.54, 1.807) is 58.8 Å². The van der Waals surface area contributed by atoms with E-state index in [2.05, 4.69) is 17.4 Å². The molecule has 0 aliphatic carbocycles. The van der Waals surface area contributed by atoms with Crippen LogP contribution < -0.4 is 34.5 Å². The molecule has 0 radical (unpaired) electrons. The van der Waals surface area contributed by atoms with Gasteiger partial charge in [-0.3, -0.25) is 10.2 Å². The van der Waals surface area contributed by atoms with Crippen LogP contribution in [0.5, 0.6) is 28.7 Å². The smallest absolute Gasteiger partial charge is 0.266 e. The minimum Gasteiger partial charge on any atom is -0.497 e. The molecule has 2 atom stereocenters. The lowest BCUT2D eigenvalue weighted by molar-refractivity contribution is -0.130. The predicted octanol–water partition coefficient (Wildman–Crippen LogP) is 4.14. The van der Waals surface area contributed by atoms with Gasteiger partial charge in [0.2, 0.25) is 5.90 Å². The van der Waals surface area contributed by atoms with E-state index in [1.807, 2.05) is 36.4 Å². The van der Waals surface area contributed by atoms with Crippen molar-refractivity contribution in [3.8, 4) is 28.7 Å². The van der Waals surface area contributed by atoms with Crippen molar-refractivity contribution in [3.05, 3.63) is 90.0 Å². The molecule has 0 saturated heterocycles. The van der Waals surface area contributed by atoms with Gasteiger partial charge in [0.25, 0.3) is 5.91 Å². The summed E-state index contributed by atoms with van der Waals surface area (Å²) in [5, 5.41) is 9.02. The van der Waals surface area contributed by atoms with Gasteiger partial charge < -0.3 is 33.5 Å². The van der Waals surface area contributed by atoms with E-state index in [9.17, 15) is 4.79 Å². The maximum atomic E-state index is 14.1. The summed E-state index contributed by atoms with van der Waals surface area (Å²) in [6.07, 6.45) is 1.57. The average molecular weight is 606 g/mol. The van der Waals surface area contributed by atoms with Crippen LogP contribution in [0.2, 0.25) is 0 Å². The lowest BCUT2D eigenvalue weighted by Crippen LogP contribution is -2.52. The Labute approximate surface area is 257 Å². The number of hydrogen-bond acceptors (Lipinski definition) is 10. The van der Waals surface area contributed by atoms with Gasteiger partial charge in [-0.2, -0.15) is 0 Å². The van der Waals surface area contributed by atoms with Gasteiger partial charge in [0, 0.05) is 43.7 Å². The number of nitrogens with zero attached hydrogens (tertiary/aromatic N) is 1. The number of hydrazine groups is 1. The first-order chi connectivity index (χ1) is 21.4. The Hall–Kier alpha value is -4.74. The summed E-state index contributed by atoms with van der Waals surface area (Å²) < 4.78 is 34.0. The summed E-state index contributed by atoms with van der Waals surface area (Å²) in [6.45, 7) is 4.56. The fraction of sp³-hybridized carbons (Fsp3) is 0.333. The Morgan fingerprint density at radius 3 is 2.30 bits per heavy atom. The lowest BCUT2D eigenvalue weighted by Gasteiger charge is -2.30. The number of aliphatic imine (C=N–C) groups is 1. The fourth-order valence-corrected chi connectivity index (χ4v) is 4.91. The summed E-state index contributed by atoms with van der Waals surface area (Å²) in [5.41, 5.74) is 6.51. The molecule has 3 N–H and O–H groups in total. The third-order valence-corrected chi connectivity index (χ3v) is 7.17. The SMILES string of the molecule is C=CC[C@]1(C(=O)NNCc2c(OC)cc(OC)cc2OC)N=C(c2ccc(OCCCO)cc2)O[C@H]1c1cccc(OC)c1. The molecule has 44 heavy (non-hydrogen) atoms. The summed E-state index contributed by atoms with van der Waals surface area (Å²) in [6, 6.07) is 18.1. The van der Waals surface area contributed by atoms with Crippen molar-refractivity contribution in [2.75, 3.05) is 41.7 Å². The second kappa shape index (κ2) is 15.1. The number of aliphatic hydroxyl groups excluding tert-OH is 1. The minimum atomic E-state index is -1.40. The number of carbonyl (C=O) groups is 1. The van der Waals surface area contributed by atoms with Crippen LogP contribution in [0.15, 0.2) is 78.3 Å². The van der Waals surface area contributed by atoms with Crippen molar-refractivity contribution in [1.29, 1.82) is 0 Å². The van der Waals surface area contributed by atoms with Gasteiger partial charge in [0.1, 0.15) is 28.7 Å². The Bertz CT molecular complexity index is 1430. The van der Waals surface area contributed by atoms with Gasteiger partial charge in [-0.15, -0.1) is 6.58 Å². The molecule has 234 valence electrons. The third-order valence-electron chi connectivity index (χ3n) is 7.17. The Kier molecular flexibility index (Phi) is 11.1. The zero-order valence-corrected chi connectivity index (χ0v) is 25.4. The standard InChI is InChI=1S/C33H39N3O8/c1-6-15-33(32(38)36-34-21-27-28(41-4)19-26(40-3)20-29(27)42-5)30(23-9-7-10-25(18-23)39-2)44-31(35-33)22-11-13-24(14-12-22)43-17-8-16-37/h6-7,9-14,18-20,30,34,37H,1,8,15-17,21H2,2-5H3,(H,36,38)/t30-,33-/m0/s1. The second-order valence-corrected chi connectivity index (χ2v) is 9.88. The lowest BCUT2D eigenvalue weighted by atomic mass is 9.84. The van der Waals surface area contributed by atoms with Gasteiger partial charge >= 0.3 is 0 Å². The van der Waals surface area contributed by atoms with Crippen molar-refractivity contribution in [1.82, 2.24) is 10.9 Å². The van der Waals surface area contributed by atoms with Gasteiger partial charge in [-0.05, 0) is 42.0 Å². The maximum absolute atomic E-state index is 14.1. The average Bonchev–Trinajstić information content (AvgIpc) is 3.45. The highest BCUT2D eigenvalue weighted by molar-refractivity contribution is 6.01. The normalized spacial score (nSPS) is 17.2. The number of methoxy groups -OCH3 is 4. The van der Waals surface area contributed by atoms with Crippen LogP contribution in [0.4, 0.5) is 0 Å². The van der Waals surface area contributed by atoms with Crippen molar-refractivity contribution in [2.24, 2.45) is 4.99 Å². The molecular formula is C33H39N3O8. The van der Waals surface area contributed by atoms with Crippen molar-refractivity contribution in [3.63, 3.8) is 0 Å². The summed E-state index contributed by atoms with van der Waals surface area (Å²) in [4.78, 5) is 19.0. The highest BCUT2D eigenvalue weighted by Gasteiger charge is 2.52. The molecule has 11 nitrogen and oxygen atoms in total. The number of benzene rings is 3. The van der Waals surface area contributed by atoms with Crippen LogP contribution in [-0.2, 0) is 16.1 Å². The maximum Gasteiger partial charge on any atom is 0.266 e. The molecular weight excluding hydrogens is 566 g/mol. The molecule has 1 aliphatic heterocycles. The molecule has 0 aromatic heterocycles. The number of ether oxygens (including phenoxy) is 6. The van der Waals surface area contributed by atoms with E-state index in [0.29, 0.717) is 64.4 Å². The first-order valence-corrected chi connectivity index (χ1v) is 14.1. The van der Waals surface area contributed by atoms with E-state index in [1.165, 1.54) is 0 Å². The summed E-state index contributed by atoms with van der Waals surface area (Å²) in [5.74, 6) is 2.79. The molecule has 3 aromatic carbocycles. The Morgan fingerprint density at radius 1 is 0.977 bits per heavy atom. The van der Waals surface area contributed by atoms with E-state index >= 15 is 0 Å². The van der Waals surface area contributed by atoms with Gasteiger partial charge in [0.05, 0.1) is 40.6 Å². The predicted molar refractivity (Wildman–Crippen MR) is 166 cm³/mol. The molecule has 0 saturated carbocycles. The highest BCUT2D eigenvalue weighted by Crippen LogP contribution is 2.43. The van der Waals surface area contributed by atoms with Crippen molar-refractivity contribution < 1.29 is 38.3 Å². The number of carbonyl (C=O) groups excluding carboxylic acids is 1. The van der Waals surface area contributed by atoms with Gasteiger partial charge in [0.15, 0.2) is 11.6 Å². The molecule has 0 fully saturated rings. The molecule has 0 spiro atoms. The molecule has 4 rings (SSSR count). The highest BCUT2D eigenvalue weighted by atomic mass is 16.5. The molecule has 11 heteroatoms. The van der Waals surface area contributed by atoms with Crippen LogP contribution in [0.3, 0.4) is 0 Å². The quantitative estimate of drug-likeness (QED) is 0.125. The molecule has 1 amide bonds. The number of amides is 1. The summed E-state index contributed by atoms with van der Waals surface area (Å²) in [7, 11) is 6.24. The van der Waals surface area contributed by atoms with E-state index < -0.39 is 17.6 Å². The van der Waals surface area contributed by atoms with Crippen LogP contribution in [0, 0.1) is 0 Å². The van der Waals surface area contributed by atoms with Crippen LogP contribution >= 0.6 is 0 Å². The van der Waals surface area contributed by atoms with E-state index in [0.717, 1.165) is 0 Å². The van der Waals surface area contributed by atoms with Crippen molar-refractivity contribution >= 4 is 11.8 Å². The minimum absolute atomic E-state index is 0.0535. The number of nitrogens with one attached hydrogen (secondary N) is 2. The Balaban J connectivity index is 1.65. The number of aliphatic hydroxyl groups is 1. The van der Waals surface area contributed by atoms with Crippen LogP contribution in [-0.4, -0.2) is 64.1 Å². The molecule has 3 aromatic rings. The van der Waals surface area contributed by atoms with Gasteiger partial charge in [-0.25, -0.2) is 10.4 Å². The molecule has 0 bridgehead atoms. The monoisotopic (exact) mass is 605 g/mol. The number of rotatable bonds is 16. The van der Waals surface area contributed by atoms with E-state index in [4.69, 9.17) is 38.5 Å². The number of hydrogen-bond donors (Lipinski definition) is 3. The second-order valence-electron chi connectivity index (χ2n) is 9.88. The zero-order valence-electron chi connectivity index (χ0n) is 25.4. The molecule has 1 aliphatic rings. The first-order valence-electron chi connectivity index (χ1n) is 14.1. The van der Waals surface area contributed by atoms with Crippen molar-refractivity contribution in [2.45, 2.75) is 31.0 Å². The first kappa shape index (κ1) is 32.2. The molecule has 0 unspecified atom stereocenters. The Morgan fingerprint density at radius 2 is 1.68 bits per heavy atom. The molecule has 1 heterocycles. The van der Waals surface area contributed by atoms with E-state index in [-0.39, 0.29) is 19.6 Å².